The van der Waals surface area contributed by atoms with Gasteiger partial charge in [-0.25, -0.2) is 4.79 Å². The van der Waals surface area contributed by atoms with E-state index >= 15 is 0 Å². The third kappa shape index (κ3) is 1.86. The van der Waals surface area contributed by atoms with Gasteiger partial charge in [-0.2, -0.15) is 0 Å². The Morgan fingerprint density at radius 1 is 1.60 bits per heavy atom. The van der Waals surface area contributed by atoms with Gasteiger partial charge in [0.15, 0.2) is 0 Å². The van der Waals surface area contributed by atoms with Gasteiger partial charge in [0, 0.05) is 22.7 Å². The van der Waals surface area contributed by atoms with Crippen LogP contribution in [0.1, 0.15) is 23.7 Å². The first-order valence-corrected chi connectivity index (χ1v) is 5.68. The van der Waals surface area contributed by atoms with E-state index in [0.29, 0.717) is 16.1 Å². The standard InChI is InChI=1S/C11H12BrNO2/c1-7-4-5-13(7)8-2-3-10(12)9(6-8)11(14)15/h2-3,6-7H,4-5H2,1H3,(H,14,15). The molecular weight excluding hydrogens is 258 g/mol. The second-order valence-corrected chi connectivity index (χ2v) is 4.65. The maximum absolute atomic E-state index is 10.9. The van der Waals surface area contributed by atoms with E-state index in [1.165, 1.54) is 6.42 Å². The van der Waals surface area contributed by atoms with Gasteiger partial charge in [0.25, 0.3) is 0 Å². The molecule has 4 heteroatoms. The predicted octanol–water partition coefficient (Wildman–Crippen LogP) is 2.75. The van der Waals surface area contributed by atoms with Crippen molar-refractivity contribution in [2.45, 2.75) is 19.4 Å². The van der Waals surface area contributed by atoms with Crippen LogP contribution in [0.3, 0.4) is 0 Å². The van der Waals surface area contributed by atoms with Gasteiger partial charge >= 0.3 is 5.97 Å². The van der Waals surface area contributed by atoms with Crippen LogP contribution in [0.25, 0.3) is 0 Å². The number of nitrogens with zero attached hydrogens (tertiary/aromatic N) is 1. The van der Waals surface area contributed by atoms with Gasteiger partial charge in [-0.1, -0.05) is 0 Å². The number of rotatable bonds is 2. The lowest BCUT2D eigenvalue weighted by Crippen LogP contribution is -2.45. The summed E-state index contributed by atoms with van der Waals surface area (Å²) in [5, 5.41) is 8.98. The summed E-state index contributed by atoms with van der Waals surface area (Å²) in [4.78, 5) is 13.1. The van der Waals surface area contributed by atoms with Crippen LogP contribution in [-0.4, -0.2) is 23.7 Å². The van der Waals surface area contributed by atoms with E-state index < -0.39 is 5.97 Å². The first-order valence-electron chi connectivity index (χ1n) is 4.89. The van der Waals surface area contributed by atoms with Crippen LogP contribution in [-0.2, 0) is 0 Å². The highest BCUT2D eigenvalue weighted by atomic mass is 79.9. The summed E-state index contributed by atoms with van der Waals surface area (Å²) in [6.45, 7) is 3.16. The molecule has 0 saturated carbocycles. The molecule has 1 aliphatic rings. The molecule has 0 spiro atoms. The molecule has 1 unspecified atom stereocenters. The van der Waals surface area contributed by atoms with E-state index in [1.54, 1.807) is 12.1 Å². The normalized spacial score (nSPS) is 19.9. The molecule has 1 aromatic carbocycles. The molecule has 1 saturated heterocycles. The van der Waals surface area contributed by atoms with Crippen LogP contribution >= 0.6 is 15.9 Å². The lowest BCUT2D eigenvalue weighted by molar-refractivity contribution is 0.0696. The fourth-order valence-corrected chi connectivity index (χ4v) is 2.17. The summed E-state index contributed by atoms with van der Waals surface area (Å²) in [5.74, 6) is -0.892. The molecule has 0 bridgehead atoms. The topological polar surface area (TPSA) is 40.5 Å². The minimum absolute atomic E-state index is 0.326. The second kappa shape index (κ2) is 3.85. The molecule has 1 N–H and O–H groups in total. The summed E-state index contributed by atoms with van der Waals surface area (Å²) in [6.07, 6.45) is 1.18. The summed E-state index contributed by atoms with van der Waals surface area (Å²) in [6, 6.07) is 5.99. The van der Waals surface area contributed by atoms with Gasteiger partial charge in [0.05, 0.1) is 5.56 Å². The van der Waals surface area contributed by atoms with E-state index in [9.17, 15) is 4.79 Å². The lowest BCUT2D eigenvalue weighted by Gasteiger charge is -2.41. The highest BCUT2D eigenvalue weighted by Crippen LogP contribution is 2.29. The van der Waals surface area contributed by atoms with Crippen molar-refractivity contribution < 1.29 is 9.90 Å². The lowest BCUT2D eigenvalue weighted by atomic mass is 10.0. The Labute approximate surface area is 96.8 Å². The zero-order valence-corrected chi connectivity index (χ0v) is 9.99. The van der Waals surface area contributed by atoms with E-state index in [0.717, 1.165) is 12.2 Å². The molecule has 1 fully saturated rings. The quantitative estimate of drug-likeness (QED) is 0.898. The maximum Gasteiger partial charge on any atom is 0.336 e. The Morgan fingerprint density at radius 2 is 2.33 bits per heavy atom. The minimum atomic E-state index is -0.892. The highest BCUT2D eigenvalue weighted by Gasteiger charge is 2.24. The molecule has 80 valence electrons. The largest absolute Gasteiger partial charge is 0.478 e. The summed E-state index contributed by atoms with van der Waals surface area (Å²) >= 11 is 3.24. The van der Waals surface area contributed by atoms with Crippen molar-refractivity contribution in [3.63, 3.8) is 0 Å². The Balaban J connectivity index is 2.34. The first kappa shape index (κ1) is 10.5. The van der Waals surface area contributed by atoms with Crippen LogP contribution in [0, 0.1) is 0 Å². The van der Waals surface area contributed by atoms with Crippen molar-refractivity contribution in [3.05, 3.63) is 28.2 Å². The average molecular weight is 270 g/mol. The van der Waals surface area contributed by atoms with Gasteiger partial charge in [-0.3, -0.25) is 0 Å². The molecule has 0 aromatic heterocycles. The fraction of sp³-hybridized carbons (Fsp3) is 0.364. The maximum atomic E-state index is 10.9. The monoisotopic (exact) mass is 269 g/mol. The number of hydrogen-bond acceptors (Lipinski definition) is 2. The minimum Gasteiger partial charge on any atom is -0.478 e. The smallest absolute Gasteiger partial charge is 0.336 e. The van der Waals surface area contributed by atoms with Crippen molar-refractivity contribution >= 4 is 27.6 Å². The summed E-state index contributed by atoms with van der Waals surface area (Å²) in [5.41, 5.74) is 1.32. The van der Waals surface area contributed by atoms with Crippen LogP contribution in [0.15, 0.2) is 22.7 Å². The molecule has 3 nitrogen and oxygen atoms in total. The number of halogens is 1. The fourth-order valence-electron chi connectivity index (χ4n) is 1.76. The first-order chi connectivity index (χ1) is 7.09. The zero-order valence-electron chi connectivity index (χ0n) is 8.40. The highest BCUT2D eigenvalue weighted by molar-refractivity contribution is 9.10. The number of aromatic carboxylic acids is 1. The van der Waals surface area contributed by atoms with E-state index in [1.807, 2.05) is 6.07 Å². The van der Waals surface area contributed by atoms with Crippen molar-refractivity contribution in [1.82, 2.24) is 0 Å². The molecule has 0 aliphatic carbocycles. The second-order valence-electron chi connectivity index (χ2n) is 3.80. The molecule has 0 amide bonds. The number of anilines is 1. The van der Waals surface area contributed by atoms with E-state index in [-0.39, 0.29) is 0 Å². The third-order valence-corrected chi connectivity index (χ3v) is 3.52. The Morgan fingerprint density at radius 3 is 2.80 bits per heavy atom. The number of benzene rings is 1. The zero-order chi connectivity index (χ0) is 11.0. The van der Waals surface area contributed by atoms with Gasteiger partial charge in [-0.05, 0) is 47.5 Å². The van der Waals surface area contributed by atoms with Crippen LogP contribution in [0.5, 0.6) is 0 Å². The molecule has 1 heterocycles. The molecule has 1 atom stereocenters. The van der Waals surface area contributed by atoms with Gasteiger partial charge < -0.3 is 10.0 Å². The van der Waals surface area contributed by atoms with E-state index in [4.69, 9.17) is 5.11 Å². The third-order valence-electron chi connectivity index (χ3n) is 2.83. The van der Waals surface area contributed by atoms with Crippen molar-refractivity contribution in [3.8, 4) is 0 Å². The Bertz CT molecular complexity index is 406. The molecule has 15 heavy (non-hydrogen) atoms. The SMILES string of the molecule is CC1CCN1c1ccc(Br)c(C(=O)O)c1. The number of hydrogen-bond donors (Lipinski definition) is 1. The Kier molecular flexibility index (Phi) is 2.69. The van der Waals surface area contributed by atoms with Crippen molar-refractivity contribution in [2.75, 3.05) is 11.4 Å². The number of carboxylic acid groups (broad SMARTS) is 1. The van der Waals surface area contributed by atoms with Gasteiger partial charge in [-0.15, -0.1) is 0 Å². The molecule has 1 aliphatic heterocycles. The number of carboxylic acids is 1. The predicted molar refractivity (Wildman–Crippen MR) is 62.5 cm³/mol. The number of carbonyl (C=O) groups is 1. The molecular formula is C11H12BrNO2. The summed E-state index contributed by atoms with van der Waals surface area (Å²) < 4.78 is 0.631. The molecule has 0 radical (unpaired) electrons. The molecule has 2 rings (SSSR count). The van der Waals surface area contributed by atoms with Crippen LogP contribution in [0.4, 0.5) is 5.69 Å². The van der Waals surface area contributed by atoms with Crippen LogP contribution < -0.4 is 4.90 Å². The Hall–Kier alpha value is -1.03. The van der Waals surface area contributed by atoms with Crippen molar-refractivity contribution in [2.24, 2.45) is 0 Å². The van der Waals surface area contributed by atoms with Gasteiger partial charge in [0.1, 0.15) is 0 Å². The van der Waals surface area contributed by atoms with E-state index in [2.05, 4.69) is 27.8 Å². The average Bonchev–Trinajstić information content (AvgIpc) is 2.18. The van der Waals surface area contributed by atoms with Gasteiger partial charge in [0.2, 0.25) is 0 Å². The summed E-state index contributed by atoms with van der Waals surface area (Å²) in [7, 11) is 0. The molecule has 1 aromatic rings. The van der Waals surface area contributed by atoms with Crippen LogP contribution in [0.2, 0.25) is 0 Å². The van der Waals surface area contributed by atoms with Crippen molar-refractivity contribution in [1.29, 1.82) is 0 Å².